The van der Waals surface area contributed by atoms with Crippen molar-refractivity contribution in [2.45, 2.75) is 32.9 Å². The van der Waals surface area contributed by atoms with Gasteiger partial charge in [-0.25, -0.2) is 4.98 Å². The van der Waals surface area contributed by atoms with E-state index in [-0.39, 0.29) is 11.7 Å². The van der Waals surface area contributed by atoms with Crippen molar-refractivity contribution in [3.05, 3.63) is 53.1 Å². The molecule has 0 radical (unpaired) electrons. The Morgan fingerprint density at radius 3 is 3.09 bits per heavy atom. The number of likely N-dealkylation sites (tertiary alicyclic amines) is 1. The molecule has 0 aliphatic carbocycles. The Hall–Kier alpha value is -1.65. The van der Waals surface area contributed by atoms with Gasteiger partial charge >= 0.3 is 0 Å². The normalized spacial score (nSPS) is 19.0. The third-order valence-corrected chi connectivity index (χ3v) is 4.73. The fraction of sp³-hybridized carbons (Fsp3) is 0.444. The summed E-state index contributed by atoms with van der Waals surface area (Å²) in [7, 11) is 0. The number of rotatable bonds is 5. The van der Waals surface area contributed by atoms with Crippen LogP contribution in [-0.2, 0) is 13.1 Å². The Morgan fingerprint density at radius 1 is 1.43 bits per heavy atom. The van der Waals surface area contributed by atoms with Crippen LogP contribution < -0.4 is 0 Å². The highest BCUT2D eigenvalue weighted by Gasteiger charge is 2.27. The Morgan fingerprint density at radius 2 is 2.30 bits per heavy atom. The number of aromatic nitrogens is 2. The number of hydrogen-bond donors (Lipinski definition) is 0. The smallest absolute Gasteiger partial charge is 0.167 e. The molecule has 4 nitrogen and oxygen atoms in total. The topological polar surface area (TPSA) is 38.1 Å². The molecule has 0 saturated carbocycles. The summed E-state index contributed by atoms with van der Waals surface area (Å²) >= 11 is 6.01. The zero-order valence-electron chi connectivity index (χ0n) is 13.4. The summed E-state index contributed by atoms with van der Waals surface area (Å²) in [5.74, 6) is 1.33. The third kappa shape index (κ3) is 3.82. The first-order valence-electron chi connectivity index (χ1n) is 8.19. The van der Waals surface area contributed by atoms with E-state index >= 15 is 0 Å². The van der Waals surface area contributed by atoms with Crippen LogP contribution in [0.25, 0.3) is 0 Å². The second-order valence-corrected chi connectivity index (χ2v) is 6.51. The van der Waals surface area contributed by atoms with Gasteiger partial charge < -0.3 is 4.57 Å². The van der Waals surface area contributed by atoms with Gasteiger partial charge in [-0.05, 0) is 38.4 Å². The lowest BCUT2D eigenvalue weighted by atomic mass is 9.90. The van der Waals surface area contributed by atoms with Crippen molar-refractivity contribution in [3.63, 3.8) is 0 Å². The molecule has 1 atom stereocenters. The van der Waals surface area contributed by atoms with Crippen LogP contribution in [0, 0.1) is 5.92 Å². The lowest BCUT2D eigenvalue weighted by Crippen LogP contribution is -2.38. The van der Waals surface area contributed by atoms with E-state index in [0.717, 1.165) is 50.4 Å². The summed E-state index contributed by atoms with van der Waals surface area (Å²) in [6, 6.07) is 7.27. The molecule has 3 rings (SSSR count). The molecule has 0 N–H and O–H groups in total. The number of carbonyl (C=O) groups excluding carboxylic acids is 1. The molecule has 1 unspecified atom stereocenters. The van der Waals surface area contributed by atoms with Crippen molar-refractivity contribution in [3.8, 4) is 0 Å². The quantitative estimate of drug-likeness (QED) is 0.785. The predicted molar refractivity (Wildman–Crippen MR) is 91.7 cm³/mol. The number of benzene rings is 1. The minimum atomic E-state index is 0.0484. The largest absolute Gasteiger partial charge is 0.334 e. The average molecular weight is 332 g/mol. The summed E-state index contributed by atoms with van der Waals surface area (Å²) in [5.41, 5.74) is 0.722. The first kappa shape index (κ1) is 16.2. The van der Waals surface area contributed by atoms with Crippen molar-refractivity contribution in [2.24, 2.45) is 5.92 Å². The molecule has 23 heavy (non-hydrogen) atoms. The minimum absolute atomic E-state index is 0.0484. The Kier molecular flexibility index (Phi) is 5.13. The molecule has 1 aliphatic rings. The molecule has 0 spiro atoms. The Balaban J connectivity index is 1.67. The van der Waals surface area contributed by atoms with Crippen molar-refractivity contribution >= 4 is 17.4 Å². The van der Waals surface area contributed by atoms with Gasteiger partial charge in [0.05, 0.1) is 6.54 Å². The van der Waals surface area contributed by atoms with Gasteiger partial charge in [0.1, 0.15) is 5.82 Å². The molecule has 122 valence electrons. The van der Waals surface area contributed by atoms with Crippen LogP contribution in [0.3, 0.4) is 0 Å². The van der Waals surface area contributed by atoms with E-state index in [0.29, 0.717) is 5.02 Å². The molecule has 1 aromatic heterocycles. The fourth-order valence-electron chi connectivity index (χ4n) is 3.27. The van der Waals surface area contributed by atoms with Crippen LogP contribution in [0.1, 0.15) is 35.9 Å². The number of hydrogen-bond acceptors (Lipinski definition) is 3. The molecular formula is C18H22ClN3O. The summed E-state index contributed by atoms with van der Waals surface area (Å²) in [6.07, 6.45) is 5.85. The van der Waals surface area contributed by atoms with Gasteiger partial charge in [0.25, 0.3) is 0 Å². The maximum absolute atomic E-state index is 12.7. The molecule has 1 fully saturated rings. The van der Waals surface area contributed by atoms with Gasteiger partial charge in [-0.3, -0.25) is 9.69 Å². The molecular weight excluding hydrogens is 310 g/mol. The molecule has 5 heteroatoms. The lowest BCUT2D eigenvalue weighted by molar-refractivity contribution is 0.0807. The fourth-order valence-corrected chi connectivity index (χ4v) is 3.46. The predicted octanol–water partition coefficient (Wildman–Crippen LogP) is 3.65. The molecule has 1 saturated heterocycles. The highest BCUT2D eigenvalue weighted by atomic mass is 35.5. The van der Waals surface area contributed by atoms with E-state index in [4.69, 9.17) is 11.6 Å². The van der Waals surface area contributed by atoms with Crippen LogP contribution in [0.4, 0.5) is 0 Å². The average Bonchev–Trinajstić information content (AvgIpc) is 3.01. The molecule has 1 aromatic carbocycles. The van der Waals surface area contributed by atoms with Crippen LogP contribution in [0.5, 0.6) is 0 Å². The molecule has 2 heterocycles. The summed E-state index contributed by atoms with van der Waals surface area (Å²) in [6.45, 7) is 5.67. The first-order valence-corrected chi connectivity index (χ1v) is 8.57. The zero-order chi connectivity index (χ0) is 16.2. The van der Waals surface area contributed by atoms with E-state index in [1.807, 2.05) is 24.5 Å². The Labute approximate surface area is 142 Å². The van der Waals surface area contributed by atoms with Crippen LogP contribution in [-0.4, -0.2) is 33.3 Å². The minimum Gasteiger partial charge on any atom is -0.334 e. The maximum atomic E-state index is 12.7. The van der Waals surface area contributed by atoms with E-state index in [1.165, 1.54) is 0 Å². The van der Waals surface area contributed by atoms with Crippen molar-refractivity contribution in [1.82, 2.24) is 14.5 Å². The van der Waals surface area contributed by atoms with Crippen LogP contribution >= 0.6 is 11.6 Å². The SMILES string of the molecule is CCn1ccnc1CN1CCCC(C(=O)c2cccc(Cl)c2)C1. The third-order valence-electron chi connectivity index (χ3n) is 4.49. The summed E-state index contributed by atoms with van der Waals surface area (Å²) in [5, 5.41) is 0.619. The van der Waals surface area contributed by atoms with E-state index < -0.39 is 0 Å². The standard InChI is InChI=1S/C18H22ClN3O/c1-2-22-10-8-20-17(22)13-21-9-4-6-15(12-21)18(23)14-5-3-7-16(19)11-14/h3,5,7-8,10-11,15H,2,4,6,9,12-13H2,1H3. The van der Waals surface area contributed by atoms with Gasteiger partial charge in [0.2, 0.25) is 0 Å². The van der Waals surface area contributed by atoms with E-state index in [2.05, 4.69) is 21.4 Å². The number of aryl methyl sites for hydroxylation is 1. The second-order valence-electron chi connectivity index (χ2n) is 6.08. The Bertz CT molecular complexity index is 682. The summed E-state index contributed by atoms with van der Waals surface area (Å²) in [4.78, 5) is 19.5. The van der Waals surface area contributed by atoms with Crippen molar-refractivity contribution < 1.29 is 4.79 Å². The molecule has 1 aliphatic heterocycles. The second kappa shape index (κ2) is 7.28. The molecule has 0 amide bonds. The monoisotopic (exact) mass is 331 g/mol. The van der Waals surface area contributed by atoms with Gasteiger partial charge in [-0.2, -0.15) is 0 Å². The number of nitrogens with zero attached hydrogens (tertiary/aromatic N) is 3. The van der Waals surface area contributed by atoms with E-state index in [9.17, 15) is 4.79 Å². The number of Topliss-reactive ketones (excluding diaryl/α,β-unsaturated/α-hetero) is 1. The highest BCUT2D eigenvalue weighted by molar-refractivity contribution is 6.31. The molecule has 0 bridgehead atoms. The number of ketones is 1. The number of piperidine rings is 1. The van der Waals surface area contributed by atoms with Gasteiger partial charge in [0, 0.05) is 42.0 Å². The van der Waals surface area contributed by atoms with Crippen LogP contribution in [0.15, 0.2) is 36.7 Å². The van der Waals surface area contributed by atoms with Gasteiger partial charge in [-0.1, -0.05) is 23.7 Å². The van der Waals surface area contributed by atoms with Crippen molar-refractivity contribution in [1.29, 1.82) is 0 Å². The summed E-state index contributed by atoms with van der Waals surface area (Å²) < 4.78 is 2.16. The maximum Gasteiger partial charge on any atom is 0.167 e. The first-order chi connectivity index (χ1) is 11.2. The van der Waals surface area contributed by atoms with Gasteiger partial charge in [0.15, 0.2) is 5.78 Å². The van der Waals surface area contributed by atoms with E-state index in [1.54, 1.807) is 12.1 Å². The number of imidazole rings is 1. The van der Waals surface area contributed by atoms with Gasteiger partial charge in [-0.15, -0.1) is 0 Å². The number of carbonyl (C=O) groups is 1. The number of halogens is 1. The van der Waals surface area contributed by atoms with Crippen molar-refractivity contribution in [2.75, 3.05) is 13.1 Å². The van der Waals surface area contributed by atoms with Crippen LogP contribution in [0.2, 0.25) is 5.02 Å². The lowest BCUT2D eigenvalue weighted by Gasteiger charge is -2.31. The highest BCUT2D eigenvalue weighted by Crippen LogP contribution is 2.23. The molecule has 2 aromatic rings. The zero-order valence-corrected chi connectivity index (χ0v) is 14.2.